The van der Waals surface area contributed by atoms with Gasteiger partial charge in [0.25, 0.3) is 0 Å². The Morgan fingerprint density at radius 1 is 1.38 bits per heavy atom. The first kappa shape index (κ1) is 15.9. The smallest absolute Gasteiger partial charge is 0.0713 e. The summed E-state index contributed by atoms with van der Waals surface area (Å²) >= 11 is 5.63. The fraction of sp³-hybridized carbons (Fsp3) is 0.647. The van der Waals surface area contributed by atoms with Gasteiger partial charge in [-0.2, -0.15) is 11.8 Å². The molecule has 0 bridgehead atoms. The summed E-state index contributed by atoms with van der Waals surface area (Å²) in [6.45, 7) is 3.17. The minimum Gasteiger partial charge on any atom is -0.375 e. The fourth-order valence-electron chi connectivity index (χ4n) is 3.49. The fourth-order valence-corrected chi connectivity index (χ4v) is 5.14. The molecule has 1 N–H and O–H groups in total. The molecule has 2 atom stereocenters. The molecule has 3 rings (SSSR count). The molecule has 0 radical (unpaired) electrons. The normalized spacial score (nSPS) is 26.7. The monoisotopic (exact) mass is 369 g/mol. The zero-order valence-electron chi connectivity index (χ0n) is 12.6. The molecule has 0 saturated carbocycles. The maximum absolute atomic E-state index is 6.18. The van der Waals surface area contributed by atoms with E-state index in [2.05, 4.69) is 64.2 Å². The maximum Gasteiger partial charge on any atom is 0.0713 e. The summed E-state index contributed by atoms with van der Waals surface area (Å²) in [4.78, 5) is 0. The molecule has 2 nitrogen and oxygen atoms in total. The lowest BCUT2D eigenvalue weighted by molar-refractivity contribution is -0.0940. The van der Waals surface area contributed by atoms with Crippen LogP contribution in [0.1, 0.15) is 44.2 Å². The van der Waals surface area contributed by atoms with Crippen molar-refractivity contribution in [2.45, 2.75) is 50.3 Å². The van der Waals surface area contributed by atoms with Crippen molar-refractivity contribution in [1.82, 2.24) is 5.32 Å². The van der Waals surface area contributed by atoms with E-state index >= 15 is 0 Å². The third-order valence-electron chi connectivity index (χ3n) is 4.73. The number of rotatable bonds is 3. The molecule has 4 heteroatoms. The average molecular weight is 370 g/mol. The summed E-state index contributed by atoms with van der Waals surface area (Å²) < 4.78 is 7.34. The summed E-state index contributed by atoms with van der Waals surface area (Å²) in [7, 11) is 0. The van der Waals surface area contributed by atoms with Crippen molar-refractivity contribution < 1.29 is 4.74 Å². The van der Waals surface area contributed by atoms with Crippen LogP contribution in [0.2, 0.25) is 0 Å². The maximum atomic E-state index is 6.18. The standard InChI is InChI=1S/C17H24BrNOS/c1-13(14-3-2-4-15(18)11-14)19-16-5-8-20-17(12-16)6-9-21-10-7-17/h2-4,11,13,16,19H,5-10,12H2,1H3/t13-,16?/m0/s1. The van der Waals surface area contributed by atoms with E-state index < -0.39 is 0 Å². The first-order valence-electron chi connectivity index (χ1n) is 7.90. The van der Waals surface area contributed by atoms with Gasteiger partial charge in [0.05, 0.1) is 5.60 Å². The topological polar surface area (TPSA) is 21.3 Å². The van der Waals surface area contributed by atoms with Crippen LogP contribution in [0.15, 0.2) is 28.7 Å². The van der Waals surface area contributed by atoms with Gasteiger partial charge in [0.2, 0.25) is 0 Å². The van der Waals surface area contributed by atoms with E-state index in [-0.39, 0.29) is 5.60 Å². The van der Waals surface area contributed by atoms with E-state index in [1.165, 1.54) is 36.3 Å². The Hall–Kier alpha value is -0.0300. The van der Waals surface area contributed by atoms with Gasteiger partial charge in [-0.3, -0.25) is 0 Å². The van der Waals surface area contributed by atoms with Crippen LogP contribution in [-0.4, -0.2) is 29.8 Å². The molecule has 2 saturated heterocycles. The van der Waals surface area contributed by atoms with Crippen LogP contribution in [0.5, 0.6) is 0 Å². The van der Waals surface area contributed by atoms with E-state index in [1.54, 1.807) is 0 Å². The average Bonchev–Trinajstić information content (AvgIpc) is 2.48. The molecule has 1 unspecified atom stereocenters. The number of hydrogen-bond acceptors (Lipinski definition) is 3. The van der Waals surface area contributed by atoms with Crippen LogP contribution in [0.25, 0.3) is 0 Å². The molecule has 2 fully saturated rings. The van der Waals surface area contributed by atoms with Gasteiger partial charge in [-0.05, 0) is 61.8 Å². The van der Waals surface area contributed by atoms with Gasteiger partial charge in [-0.15, -0.1) is 0 Å². The number of hydrogen-bond donors (Lipinski definition) is 1. The van der Waals surface area contributed by atoms with Crippen LogP contribution in [0, 0.1) is 0 Å². The molecule has 1 aromatic carbocycles. The molecule has 21 heavy (non-hydrogen) atoms. The van der Waals surface area contributed by atoms with Crippen molar-refractivity contribution in [3.8, 4) is 0 Å². The Morgan fingerprint density at radius 2 is 2.19 bits per heavy atom. The van der Waals surface area contributed by atoms with Gasteiger partial charge < -0.3 is 10.1 Å². The lowest BCUT2D eigenvalue weighted by Gasteiger charge is -2.44. The number of ether oxygens (including phenoxy) is 1. The SMILES string of the molecule is C[C@H](NC1CCOC2(CCSCC2)C1)c1cccc(Br)c1. The second-order valence-electron chi connectivity index (χ2n) is 6.28. The van der Waals surface area contributed by atoms with Crippen LogP contribution in [0.3, 0.4) is 0 Å². The predicted molar refractivity (Wildman–Crippen MR) is 94.0 cm³/mol. The molecule has 1 aromatic rings. The Labute approximate surface area is 140 Å². The second-order valence-corrected chi connectivity index (χ2v) is 8.42. The van der Waals surface area contributed by atoms with E-state index in [1.807, 2.05) is 0 Å². The Balaban J connectivity index is 1.61. The summed E-state index contributed by atoms with van der Waals surface area (Å²) in [5.74, 6) is 2.52. The number of benzene rings is 1. The molecule has 2 aliphatic heterocycles. The Kier molecular flexibility index (Phi) is 5.31. The van der Waals surface area contributed by atoms with Crippen LogP contribution in [-0.2, 0) is 4.74 Å². The number of thioether (sulfide) groups is 1. The molecule has 0 aliphatic carbocycles. The van der Waals surface area contributed by atoms with Crippen molar-refractivity contribution in [1.29, 1.82) is 0 Å². The van der Waals surface area contributed by atoms with Gasteiger partial charge >= 0.3 is 0 Å². The molecule has 0 amide bonds. The summed E-state index contributed by atoms with van der Waals surface area (Å²) in [5, 5.41) is 3.83. The summed E-state index contributed by atoms with van der Waals surface area (Å²) in [6.07, 6.45) is 4.75. The Morgan fingerprint density at radius 3 is 2.95 bits per heavy atom. The van der Waals surface area contributed by atoms with Gasteiger partial charge in [-0.1, -0.05) is 28.1 Å². The quantitative estimate of drug-likeness (QED) is 0.844. The predicted octanol–water partition coefficient (Wildman–Crippen LogP) is 4.54. The molecular formula is C17H24BrNOS. The van der Waals surface area contributed by atoms with E-state index in [4.69, 9.17) is 4.74 Å². The lowest BCUT2D eigenvalue weighted by atomic mass is 9.85. The van der Waals surface area contributed by atoms with Gasteiger partial charge in [0.1, 0.15) is 0 Å². The highest BCUT2D eigenvalue weighted by Gasteiger charge is 2.38. The third kappa shape index (κ3) is 4.04. The van der Waals surface area contributed by atoms with Gasteiger partial charge in [0.15, 0.2) is 0 Å². The number of halogens is 1. The summed E-state index contributed by atoms with van der Waals surface area (Å²) in [5.41, 5.74) is 1.52. The molecule has 0 aromatic heterocycles. The van der Waals surface area contributed by atoms with Crippen molar-refractivity contribution in [2.24, 2.45) is 0 Å². The van der Waals surface area contributed by atoms with E-state index in [9.17, 15) is 0 Å². The zero-order chi connectivity index (χ0) is 14.7. The molecule has 1 spiro atoms. The van der Waals surface area contributed by atoms with Gasteiger partial charge in [-0.25, -0.2) is 0 Å². The first-order chi connectivity index (χ1) is 10.2. The lowest BCUT2D eigenvalue weighted by Crippen LogP contribution is -2.49. The van der Waals surface area contributed by atoms with Crippen molar-refractivity contribution in [3.05, 3.63) is 34.3 Å². The Bertz CT molecular complexity index is 470. The van der Waals surface area contributed by atoms with Crippen molar-refractivity contribution in [2.75, 3.05) is 18.1 Å². The highest BCUT2D eigenvalue weighted by Crippen LogP contribution is 2.38. The van der Waals surface area contributed by atoms with Crippen molar-refractivity contribution >= 4 is 27.7 Å². The molecule has 2 heterocycles. The largest absolute Gasteiger partial charge is 0.375 e. The number of nitrogens with one attached hydrogen (secondary N) is 1. The third-order valence-corrected chi connectivity index (χ3v) is 6.21. The van der Waals surface area contributed by atoms with Crippen LogP contribution in [0.4, 0.5) is 0 Å². The molecule has 2 aliphatic rings. The minimum atomic E-state index is 0.165. The minimum absolute atomic E-state index is 0.165. The van der Waals surface area contributed by atoms with Gasteiger partial charge in [0, 0.05) is 23.2 Å². The first-order valence-corrected chi connectivity index (χ1v) is 9.85. The summed E-state index contributed by atoms with van der Waals surface area (Å²) in [6, 6.07) is 9.58. The second kappa shape index (κ2) is 7.03. The highest BCUT2D eigenvalue weighted by molar-refractivity contribution is 9.10. The van der Waals surface area contributed by atoms with Crippen molar-refractivity contribution in [3.63, 3.8) is 0 Å². The highest BCUT2D eigenvalue weighted by atomic mass is 79.9. The van der Waals surface area contributed by atoms with Crippen LogP contribution < -0.4 is 5.32 Å². The van der Waals surface area contributed by atoms with Crippen LogP contribution >= 0.6 is 27.7 Å². The molecule has 116 valence electrons. The van der Waals surface area contributed by atoms with E-state index in [0.29, 0.717) is 12.1 Å². The molecular weight excluding hydrogens is 346 g/mol. The van der Waals surface area contributed by atoms with E-state index in [0.717, 1.165) is 17.5 Å². The zero-order valence-corrected chi connectivity index (χ0v) is 15.0.